The minimum atomic E-state index is -0.0743. The Kier molecular flexibility index (Phi) is 7.62. The molecular weight excluding hydrogens is 320 g/mol. The Morgan fingerprint density at radius 1 is 1.30 bits per heavy atom. The molecule has 0 aromatic heterocycles. The summed E-state index contributed by atoms with van der Waals surface area (Å²) in [4.78, 5) is 14.1. The molecule has 0 radical (unpaired) electrons. The number of benzene rings is 1. The summed E-state index contributed by atoms with van der Waals surface area (Å²) in [6.45, 7) is 3.17. The average molecular weight is 343 g/mol. The average Bonchev–Trinajstić information content (AvgIpc) is 2.44. The van der Waals surface area contributed by atoms with Gasteiger partial charge in [-0.05, 0) is 40.5 Å². The van der Waals surface area contributed by atoms with Crippen LogP contribution in [-0.2, 0) is 0 Å². The number of nitrogens with zero attached hydrogens (tertiary/aromatic N) is 1. The Labute approximate surface area is 129 Å². The van der Waals surface area contributed by atoms with E-state index >= 15 is 0 Å². The monoisotopic (exact) mass is 342 g/mol. The summed E-state index contributed by atoms with van der Waals surface area (Å²) in [6.07, 6.45) is 4.41. The zero-order valence-electron chi connectivity index (χ0n) is 11.9. The second-order valence-corrected chi connectivity index (χ2v) is 5.67. The predicted molar refractivity (Wildman–Crippen MR) is 85.7 cm³/mol. The lowest BCUT2D eigenvalue weighted by Gasteiger charge is -2.22. The van der Waals surface area contributed by atoms with Crippen molar-refractivity contribution in [3.8, 4) is 0 Å². The van der Waals surface area contributed by atoms with Gasteiger partial charge in [0.1, 0.15) is 0 Å². The smallest absolute Gasteiger partial charge is 0.254 e. The first-order chi connectivity index (χ1) is 9.60. The first kappa shape index (κ1) is 17.0. The van der Waals surface area contributed by atoms with Crippen molar-refractivity contribution in [3.63, 3.8) is 0 Å². The van der Waals surface area contributed by atoms with Crippen molar-refractivity contribution in [1.29, 1.82) is 0 Å². The quantitative estimate of drug-likeness (QED) is 0.563. The zero-order valence-corrected chi connectivity index (χ0v) is 13.5. The minimum absolute atomic E-state index is 0.0223. The Balaban J connectivity index is 2.69. The van der Waals surface area contributed by atoms with Gasteiger partial charge in [0.05, 0.1) is 6.61 Å². The summed E-state index contributed by atoms with van der Waals surface area (Å²) in [5, 5.41) is 9.11. The van der Waals surface area contributed by atoms with Crippen molar-refractivity contribution in [2.75, 3.05) is 25.4 Å². The van der Waals surface area contributed by atoms with Crippen LogP contribution in [0.4, 0.5) is 5.69 Å². The van der Waals surface area contributed by atoms with Crippen molar-refractivity contribution in [2.24, 2.45) is 0 Å². The maximum absolute atomic E-state index is 12.4. The molecule has 1 amide bonds. The highest BCUT2D eigenvalue weighted by atomic mass is 79.9. The third kappa shape index (κ3) is 5.13. The number of anilines is 1. The fourth-order valence-electron chi connectivity index (χ4n) is 2.02. The maximum Gasteiger partial charge on any atom is 0.254 e. The molecule has 1 aromatic rings. The topological polar surface area (TPSA) is 66.6 Å². The molecule has 5 heteroatoms. The van der Waals surface area contributed by atoms with Gasteiger partial charge in [0, 0.05) is 28.8 Å². The predicted octanol–water partition coefficient (Wildman–Crippen LogP) is 3.05. The largest absolute Gasteiger partial charge is 0.398 e. The van der Waals surface area contributed by atoms with Gasteiger partial charge in [-0.25, -0.2) is 0 Å². The van der Waals surface area contributed by atoms with E-state index < -0.39 is 0 Å². The number of carbonyl (C=O) groups excluding carboxylic acids is 1. The number of nitrogen functional groups attached to an aromatic ring is 1. The van der Waals surface area contributed by atoms with Crippen LogP contribution < -0.4 is 5.73 Å². The van der Waals surface area contributed by atoms with E-state index in [1.807, 2.05) is 0 Å². The third-order valence-electron chi connectivity index (χ3n) is 3.18. The van der Waals surface area contributed by atoms with Crippen LogP contribution in [0, 0.1) is 0 Å². The van der Waals surface area contributed by atoms with E-state index in [9.17, 15) is 4.79 Å². The van der Waals surface area contributed by atoms with Crippen LogP contribution in [-0.4, -0.2) is 35.6 Å². The summed E-state index contributed by atoms with van der Waals surface area (Å²) >= 11 is 3.32. The van der Waals surface area contributed by atoms with Gasteiger partial charge in [0.25, 0.3) is 5.91 Å². The summed E-state index contributed by atoms with van der Waals surface area (Å²) in [6, 6.07) is 5.19. The van der Waals surface area contributed by atoms with Crippen LogP contribution in [0.2, 0.25) is 0 Å². The van der Waals surface area contributed by atoms with Crippen molar-refractivity contribution < 1.29 is 9.90 Å². The number of rotatable bonds is 8. The van der Waals surface area contributed by atoms with Crippen molar-refractivity contribution in [2.45, 2.75) is 32.6 Å². The zero-order chi connectivity index (χ0) is 15.0. The number of amides is 1. The number of carbonyl (C=O) groups is 1. The number of aliphatic hydroxyl groups excluding tert-OH is 1. The fourth-order valence-corrected chi connectivity index (χ4v) is 2.27. The first-order valence-corrected chi connectivity index (χ1v) is 7.84. The van der Waals surface area contributed by atoms with E-state index in [1.165, 1.54) is 6.42 Å². The number of unbranched alkanes of at least 4 members (excludes halogenated alkanes) is 3. The van der Waals surface area contributed by atoms with Gasteiger partial charge < -0.3 is 15.7 Å². The molecule has 0 fully saturated rings. The normalized spacial score (nSPS) is 10.6. The molecule has 1 aromatic carbocycles. The lowest BCUT2D eigenvalue weighted by molar-refractivity contribution is 0.0718. The van der Waals surface area contributed by atoms with E-state index in [4.69, 9.17) is 10.8 Å². The lowest BCUT2D eigenvalue weighted by atomic mass is 10.1. The number of aliphatic hydroxyl groups is 1. The SMILES string of the molecule is CCCCCCN(CCO)C(=O)c1ccc(Br)c(N)c1. The molecule has 0 saturated carbocycles. The molecule has 1 rings (SSSR count). The second kappa shape index (κ2) is 8.97. The van der Waals surface area contributed by atoms with Crippen LogP contribution in [0.1, 0.15) is 43.0 Å². The number of hydrogen-bond acceptors (Lipinski definition) is 3. The highest BCUT2D eigenvalue weighted by Gasteiger charge is 2.15. The number of hydrogen-bond donors (Lipinski definition) is 2. The van der Waals surface area contributed by atoms with Crippen LogP contribution in [0.5, 0.6) is 0 Å². The molecule has 0 aliphatic heterocycles. The van der Waals surface area contributed by atoms with Gasteiger partial charge in [-0.2, -0.15) is 0 Å². The van der Waals surface area contributed by atoms with Crippen molar-refractivity contribution >= 4 is 27.5 Å². The molecule has 4 nitrogen and oxygen atoms in total. The number of nitrogens with two attached hydrogens (primary N) is 1. The van der Waals surface area contributed by atoms with E-state index in [2.05, 4.69) is 22.9 Å². The first-order valence-electron chi connectivity index (χ1n) is 7.05. The van der Waals surface area contributed by atoms with Gasteiger partial charge in [-0.1, -0.05) is 26.2 Å². The Morgan fingerprint density at radius 3 is 2.65 bits per heavy atom. The molecule has 0 spiro atoms. The molecule has 0 atom stereocenters. The maximum atomic E-state index is 12.4. The third-order valence-corrected chi connectivity index (χ3v) is 3.90. The van der Waals surface area contributed by atoms with Gasteiger partial charge in [-0.3, -0.25) is 4.79 Å². The van der Waals surface area contributed by atoms with Gasteiger partial charge in [0.2, 0.25) is 0 Å². The lowest BCUT2D eigenvalue weighted by Crippen LogP contribution is -2.34. The molecule has 112 valence electrons. The highest BCUT2D eigenvalue weighted by molar-refractivity contribution is 9.10. The Bertz CT molecular complexity index is 438. The van der Waals surface area contributed by atoms with Gasteiger partial charge in [-0.15, -0.1) is 0 Å². The second-order valence-electron chi connectivity index (χ2n) is 4.81. The molecule has 0 aliphatic carbocycles. The highest BCUT2D eigenvalue weighted by Crippen LogP contribution is 2.21. The van der Waals surface area contributed by atoms with E-state index in [-0.39, 0.29) is 12.5 Å². The fraction of sp³-hybridized carbons (Fsp3) is 0.533. The van der Waals surface area contributed by atoms with E-state index in [0.717, 1.165) is 23.7 Å². The Hall–Kier alpha value is -1.07. The standard InChI is InChI=1S/C15H23BrN2O2/c1-2-3-4-5-8-18(9-10-19)15(20)12-6-7-13(16)14(17)11-12/h6-7,11,19H,2-5,8-10,17H2,1H3. The van der Waals surface area contributed by atoms with Gasteiger partial charge in [0.15, 0.2) is 0 Å². The Morgan fingerprint density at radius 2 is 2.05 bits per heavy atom. The van der Waals surface area contributed by atoms with E-state index in [0.29, 0.717) is 24.3 Å². The molecule has 3 N–H and O–H groups in total. The van der Waals surface area contributed by atoms with Crippen LogP contribution in [0.25, 0.3) is 0 Å². The summed E-state index contributed by atoms with van der Waals surface area (Å²) in [7, 11) is 0. The molecule has 0 aliphatic rings. The van der Waals surface area contributed by atoms with Crippen LogP contribution >= 0.6 is 15.9 Å². The molecular formula is C15H23BrN2O2. The summed E-state index contributed by atoms with van der Waals surface area (Å²) in [5.74, 6) is -0.0743. The molecule has 20 heavy (non-hydrogen) atoms. The number of halogens is 1. The van der Waals surface area contributed by atoms with Gasteiger partial charge >= 0.3 is 0 Å². The molecule has 0 bridgehead atoms. The summed E-state index contributed by atoms with van der Waals surface area (Å²) < 4.78 is 0.783. The minimum Gasteiger partial charge on any atom is -0.398 e. The van der Waals surface area contributed by atoms with Crippen LogP contribution in [0.3, 0.4) is 0 Å². The van der Waals surface area contributed by atoms with Crippen molar-refractivity contribution in [3.05, 3.63) is 28.2 Å². The molecule has 0 unspecified atom stereocenters. The summed E-state index contributed by atoms with van der Waals surface area (Å²) in [5.41, 5.74) is 6.92. The molecule has 0 saturated heterocycles. The van der Waals surface area contributed by atoms with E-state index in [1.54, 1.807) is 23.1 Å². The van der Waals surface area contributed by atoms with Crippen molar-refractivity contribution in [1.82, 2.24) is 4.90 Å². The molecule has 0 heterocycles. The van der Waals surface area contributed by atoms with Crippen LogP contribution in [0.15, 0.2) is 22.7 Å².